The SMILES string of the molecule is CCCn1ncc(Cl)c1C(=O)C(C)C1CNC1. The van der Waals surface area contributed by atoms with Crippen LogP contribution in [0, 0.1) is 11.8 Å². The van der Waals surface area contributed by atoms with E-state index >= 15 is 0 Å². The highest BCUT2D eigenvalue weighted by Crippen LogP contribution is 2.25. The van der Waals surface area contributed by atoms with Crippen molar-refractivity contribution in [3.8, 4) is 0 Å². The lowest BCUT2D eigenvalue weighted by molar-refractivity contribution is 0.0842. The average molecular weight is 256 g/mol. The Morgan fingerprint density at radius 1 is 1.71 bits per heavy atom. The van der Waals surface area contributed by atoms with E-state index in [2.05, 4.69) is 17.3 Å². The molecule has 1 atom stereocenters. The van der Waals surface area contributed by atoms with Gasteiger partial charge in [-0.15, -0.1) is 0 Å². The summed E-state index contributed by atoms with van der Waals surface area (Å²) in [6.45, 7) is 6.62. The highest BCUT2D eigenvalue weighted by Gasteiger charge is 2.32. The van der Waals surface area contributed by atoms with Crippen molar-refractivity contribution in [1.82, 2.24) is 15.1 Å². The number of nitrogens with zero attached hydrogens (tertiary/aromatic N) is 2. The first-order valence-corrected chi connectivity index (χ1v) is 6.49. The zero-order valence-electron chi connectivity index (χ0n) is 10.2. The summed E-state index contributed by atoms with van der Waals surface area (Å²) in [6.07, 6.45) is 2.51. The van der Waals surface area contributed by atoms with Gasteiger partial charge in [-0.3, -0.25) is 9.48 Å². The smallest absolute Gasteiger partial charge is 0.185 e. The number of ketones is 1. The molecule has 0 amide bonds. The molecule has 5 heteroatoms. The van der Waals surface area contributed by atoms with Gasteiger partial charge in [0, 0.05) is 12.5 Å². The van der Waals surface area contributed by atoms with Crippen molar-refractivity contribution >= 4 is 17.4 Å². The Morgan fingerprint density at radius 3 is 2.94 bits per heavy atom. The zero-order chi connectivity index (χ0) is 12.4. The highest BCUT2D eigenvalue weighted by molar-refractivity contribution is 6.33. The van der Waals surface area contributed by atoms with Crippen molar-refractivity contribution in [3.63, 3.8) is 0 Å². The molecule has 0 aliphatic carbocycles. The second-order valence-corrected chi connectivity index (χ2v) is 5.04. The molecule has 1 aliphatic heterocycles. The Hall–Kier alpha value is -0.870. The van der Waals surface area contributed by atoms with Crippen LogP contribution in [0.25, 0.3) is 0 Å². The standard InChI is InChI=1S/C12H18ClN3O/c1-3-4-16-11(10(13)7-15-16)12(17)8(2)9-5-14-6-9/h7-9,14H,3-6H2,1-2H3. The molecule has 0 spiro atoms. The molecule has 1 saturated heterocycles. The molecule has 94 valence electrons. The predicted octanol–water partition coefficient (Wildman–Crippen LogP) is 1.98. The van der Waals surface area contributed by atoms with E-state index in [4.69, 9.17) is 11.6 Å². The van der Waals surface area contributed by atoms with Crippen LogP contribution in [0.1, 0.15) is 30.8 Å². The van der Waals surface area contributed by atoms with Crippen molar-refractivity contribution in [2.24, 2.45) is 11.8 Å². The molecule has 0 bridgehead atoms. The molecule has 1 aromatic rings. The molecule has 0 radical (unpaired) electrons. The van der Waals surface area contributed by atoms with Crippen LogP contribution in [0.2, 0.25) is 5.02 Å². The summed E-state index contributed by atoms with van der Waals surface area (Å²) in [7, 11) is 0. The first-order chi connectivity index (χ1) is 8.15. The number of carbonyl (C=O) groups excluding carboxylic acids is 1. The van der Waals surface area contributed by atoms with E-state index in [0.717, 1.165) is 26.1 Å². The van der Waals surface area contributed by atoms with Crippen molar-refractivity contribution < 1.29 is 4.79 Å². The number of carbonyl (C=O) groups is 1. The van der Waals surface area contributed by atoms with E-state index in [9.17, 15) is 4.79 Å². The molecule has 2 rings (SSSR count). The number of aromatic nitrogens is 2. The minimum atomic E-state index is 0.0149. The van der Waals surface area contributed by atoms with Crippen LogP contribution in [0.4, 0.5) is 0 Å². The topological polar surface area (TPSA) is 46.9 Å². The highest BCUT2D eigenvalue weighted by atomic mass is 35.5. The van der Waals surface area contributed by atoms with Crippen LogP contribution in [0.5, 0.6) is 0 Å². The summed E-state index contributed by atoms with van der Waals surface area (Å²) in [5, 5.41) is 7.82. The summed E-state index contributed by atoms with van der Waals surface area (Å²) >= 11 is 6.07. The van der Waals surface area contributed by atoms with Gasteiger partial charge in [-0.1, -0.05) is 25.4 Å². The third-order valence-electron chi connectivity index (χ3n) is 3.40. The number of halogens is 1. The summed E-state index contributed by atoms with van der Waals surface area (Å²) < 4.78 is 1.73. The number of aryl methyl sites for hydroxylation is 1. The summed E-state index contributed by atoms with van der Waals surface area (Å²) in [4.78, 5) is 12.4. The van der Waals surface area contributed by atoms with Gasteiger partial charge < -0.3 is 5.32 Å². The van der Waals surface area contributed by atoms with E-state index < -0.39 is 0 Å². The van der Waals surface area contributed by atoms with Gasteiger partial charge in [-0.2, -0.15) is 5.10 Å². The summed E-state index contributed by atoms with van der Waals surface area (Å²) in [5.74, 6) is 0.567. The van der Waals surface area contributed by atoms with Crippen LogP contribution in [-0.4, -0.2) is 28.7 Å². The Morgan fingerprint density at radius 2 is 2.41 bits per heavy atom. The molecule has 1 N–H and O–H groups in total. The lowest BCUT2D eigenvalue weighted by Gasteiger charge is -2.31. The molecule has 0 saturated carbocycles. The Balaban J connectivity index is 2.19. The monoisotopic (exact) mass is 255 g/mol. The van der Waals surface area contributed by atoms with Crippen LogP contribution >= 0.6 is 11.6 Å². The molecule has 0 aromatic carbocycles. The van der Waals surface area contributed by atoms with E-state index in [1.807, 2.05) is 6.92 Å². The van der Waals surface area contributed by atoms with E-state index in [-0.39, 0.29) is 11.7 Å². The lowest BCUT2D eigenvalue weighted by Crippen LogP contribution is -2.47. The van der Waals surface area contributed by atoms with Gasteiger partial charge in [0.25, 0.3) is 0 Å². The third kappa shape index (κ3) is 2.38. The van der Waals surface area contributed by atoms with Crippen LogP contribution < -0.4 is 5.32 Å². The van der Waals surface area contributed by atoms with E-state index in [1.54, 1.807) is 10.9 Å². The fourth-order valence-corrected chi connectivity index (χ4v) is 2.32. The molecule has 2 heterocycles. The number of rotatable bonds is 5. The van der Waals surface area contributed by atoms with Crippen molar-refractivity contribution in [1.29, 1.82) is 0 Å². The quantitative estimate of drug-likeness (QED) is 0.819. The molecular formula is C12H18ClN3O. The lowest BCUT2D eigenvalue weighted by atomic mass is 9.85. The minimum absolute atomic E-state index is 0.0149. The van der Waals surface area contributed by atoms with E-state index in [1.165, 1.54) is 0 Å². The number of nitrogens with one attached hydrogen (secondary N) is 1. The fraction of sp³-hybridized carbons (Fsp3) is 0.667. The second kappa shape index (κ2) is 5.19. The molecule has 1 aliphatic rings. The van der Waals surface area contributed by atoms with Gasteiger partial charge in [0.2, 0.25) is 0 Å². The molecule has 4 nitrogen and oxygen atoms in total. The molecular weight excluding hydrogens is 238 g/mol. The minimum Gasteiger partial charge on any atom is -0.316 e. The maximum atomic E-state index is 12.4. The first-order valence-electron chi connectivity index (χ1n) is 6.11. The van der Waals surface area contributed by atoms with Crippen molar-refractivity contribution in [2.75, 3.05) is 13.1 Å². The largest absolute Gasteiger partial charge is 0.316 e. The summed E-state index contributed by atoms with van der Waals surface area (Å²) in [6, 6.07) is 0. The van der Waals surface area contributed by atoms with Gasteiger partial charge in [0.15, 0.2) is 5.78 Å². The zero-order valence-corrected chi connectivity index (χ0v) is 11.0. The van der Waals surface area contributed by atoms with Crippen LogP contribution in [-0.2, 0) is 6.54 Å². The molecule has 1 fully saturated rings. The number of hydrogen-bond acceptors (Lipinski definition) is 3. The number of Topliss-reactive ketones (excluding diaryl/α,β-unsaturated/α-hetero) is 1. The van der Waals surface area contributed by atoms with Crippen molar-refractivity contribution in [2.45, 2.75) is 26.8 Å². The Kier molecular flexibility index (Phi) is 3.84. The average Bonchev–Trinajstić information content (AvgIpc) is 2.57. The van der Waals surface area contributed by atoms with Crippen LogP contribution in [0.15, 0.2) is 6.20 Å². The molecule has 17 heavy (non-hydrogen) atoms. The van der Waals surface area contributed by atoms with Crippen LogP contribution in [0.3, 0.4) is 0 Å². The summed E-state index contributed by atoms with van der Waals surface area (Å²) in [5.41, 5.74) is 0.577. The predicted molar refractivity (Wildman–Crippen MR) is 67.4 cm³/mol. The molecule has 1 unspecified atom stereocenters. The second-order valence-electron chi connectivity index (χ2n) is 4.64. The van der Waals surface area contributed by atoms with Gasteiger partial charge in [0.1, 0.15) is 5.69 Å². The van der Waals surface area contributed by atoms with Gasteiger partial charge >= 0.3 is 0 Å². The maximum absolute atomic E-state index is 12.4. The van der Waals surface area contributed by atoms with Gasteiger partial charge in [-0.05, 0) is 25.4 Å². The van der Waals surface area contributed by atoms with Crippen molar-refractivity contribution in [3.05, 3.63) is 16.9 Å². The Bertz CT molecular complexity index is 412. The third-order valence-corrected chi connectivity index (χ3v) is 3.67. The molecule has 1 aromatic heterocycles. The fourth-order valence-electron chi connectivity index (χ4n) is 2.08. The maximum Gasteiger partial charge on any atom is 0.185 e. The number of hydrogen-bond donors (Lipinski definition) is 1. The normalized spacial score (nSPS) is 17.8. The Labute approximate surface area is 106 Å². The van der Waals surface area contributed by atoms with Gasteiger partial charge in [0.05, 0.1) is 11.2 Å². The first kappa shape index (κ1) is 12.6. The van der Waals surface area contributed by atoms with E-state index in [0.29, 0.717) is 16.6 Å². The van der Waals surface area contributed by atoms with Gasteiger partial charge in [-0.25, -0.2) is 0 Å².